The molecular weight excluding hydrogens is 334 g/mol. The molecule has 0 atom stereocenters. The lowest BCUT2D eigenvalue weighted by molar-refractivity contribution is -0.139. The minimum Gasteiger partial charge on any atom is -0.465 e. The lowest BCUT2D eigenvalue weighted by atomic mass is 10.1. The van der Waals surface area contributed by atoms with E-state index in [0.717, 1.165) is 16.1 Å². The fourth-order valence-electron chi connectivity index (χ4n) is 1.75. The predicted molar refractivity (Wildman–Crippen MR) is 92.7 cm³/mol. The normalized spacial score (nSPS) is 10.3. The van der Waals surface area contributed by atoms with Gasteiger partial charge in [-0.25, -0.2) is 0 Å². The molecule has 122 valence electrons. The van der Waals surface area contributed by atoms with Gasteiger partial charge in [0.05, 0.1) is 18.1 Å². The summed E-state index contributed by atoms with van der Waals surface area (Å²) in [6.45, 7) is 4.10. The maximum atomic E-state index is 11.8. The Balaban J connectivity index is 1.84. The van der Waals surface area contributed by atoms with Crippen molar-refractivity contribution in [1.82, 2.24) is 10.2 Å². The average Bonchev–Trinajstić information content (AvgIpc) is 2.96. The summed E-state index contributed by atoms with van der Waals surface area (Å²) < 4.78 is 4.79. The number of ether oxygens (including phenoxy) is 1. The molecule has 1 heterocycles. The molecule has 0 saturated heterocycles. The van der Waals surface area contributed by atoms with Crippen molar-refractivity contribution in [1.29, 1.82) is 0 Å². The van der Waals surface area contributed by atoms with Crippen LogP contribution in [0.15, 0.2) is 24.3 Å². The molecule has 0 aliphatic heterocycles. The molecule has 2 rings (SSSR count). The molecule has 0 saturated carbocycles. The SMILES string of the molecule is CCOC(=O)CSCC(=O)Nc1nnc(-c2cccc(C)c2)s1. The van der Waals surface area contributed by atoms with Crippen molar-refractivity contribution in [2.75, 3.05) is 23.4 Å². The summed E-state index contributed by atoms with van der Waals surface area (Å²) in [6.07, 6.45) is 0. The minimum absolute atomic E-state index is 0.159. The summed E-state index contributed by atoms with van der Waals surface area (Å²) in [6, 6.07) is 7.93. The van der Waals surface area contributed by atoms with E-state index in [-0.39, 0.29) is 23.4 Å². The number of nitrogens with zero attached hydrogens (tertiary/aromatic N) is 2. The number of esters is 1. The van der Waals surface area contributed by atoms with E-state index in [0.29, 0.717) is 11.7 Å². The molecule has 0 fully saturated rings. The van der Waals surface area contributed by atoms with E-state index in [1.807, 2.05) is 31.2 Å². The van der Waals surface area contributed by atoms with Gasteiger partial charge in [0.1, 0.15) is 5.01 Å². The molecule has 8 heteroatoms. The Kier molecular flexibility index (Phi) is 6.54. The third-order valence-electron chi connectivity index (χ3n) is 2.69. The van der Waals surface area contributed by atoms with Gasteiger partial charge < -0.3 is 4.74 Å². The van der Waals surface area contributed by atoms with Crippen LogP contribution in [0.2, 0.25) is 0 Å². The number of anilines is 1. The van der Waals surface area contributed by atoms with Crippen LogP contribution in [0.25, 0.3) is 10.6 Å². The number of amides is 1. The van der Waals surface area contributed by atoms with Crippen LogP contribution in [-0.4, -0.2) is 40.2 Å². The van der Waals surface area contributed by atoms with Crippen LogP contribution in [0.5, 0.6) is 0 Å². The zero-order chi connectivity index (χ0) is 16.7. The summed E-state index contributed by atoms with van der Waals surface area (Å²) in [4.78, 5) is 23.0. The summed E-state index contributed by atoms with van der Waals surface area (Å²) in [5.74, 6) is -0.210. The predicted octanol–water partition coefficient (Wildman–Crippen LogP) is 2.75. The second kappa shape index (κ2) is 8.64. The molecule has 1 N–H and O–H groups in total. The van der Waals surface area contributed by atoms with E-state index >= 15 is 0 Å². The lowest BCUT2D eigenvalue weighted by Crippen LogP contribution is -2.16. The number of thioether (sulfide) groups is 1. The van der Waals surface area contributed by atoms with Gasteiger partial charge in [0, 0.05) is 5.56 Å². The lowest BCUT2D eigenvalue weighted by Gasteiger charge is -2.02. The molecule has 0 aliphatic carbocycles. The molecule has 0 aliphatic rings. The summed E-state index contributed by atoms with van der Waals surface area (Å²) in [7, 11) is 0. The molecule has 0 radical (unpaired) electrons. The molecule has 1 aromatic carbocycles. The van der Waals surface area contributed by atoms with Crippen molar-refractivity contribution in [3.8, 4) is 10.6 Å². The first kappa shape index (κ1) is 17.4. The topological polar surface area (TPSA) is 81.2 Å². The van der Waals surface area contributed by atoms with Crippen LogP contribution in [0.1, 0.15) is 12.5 Å². The van der Waals surface area contributed by atoms with Gasteiger partial charge in [0.25, 0.3) is 0 Å². The van der Waals surface area contributed by atoms with Gasteiger partial charge in [-0.15, -0.1) is 22.0 Å². The Morgan fingerprint density at radius 1 is 1.30 bits per heavy atom. The number of carbonyl (C=O) groups is 2. The zero-order valence-corrected chi connectivity index (χ0v) is 14.5. The third kappa shape index (κ3) is 5.65. The summed E-state index contributed by atoms with van der Waals surface area (Å²) in [5, 5.41) is 11.9. The Labute approximate surface area is 142 Å². The Morgan fingerprint density at radius 2 is 2.13 bits per heavy atom. The smallest absolute Gasteiger partial charge is 0.315 e. The summed E-state index contributed by atoms with van der Waals surface area (Å²) >= 11 is 2.52. The van der Waals surface area contributed by atoms with E-state index in [9.17, 15) is 9.59 Å². The minimum atomic E-state index is -0.317. The standard InChI is InChI=1S/C15H17N3O3S2/c1-3-21-13(20)9-22-8-12(19)16-15-18-17-14(23-15)11-6-4-5-10(2)7-11/h4-7H,3,8-9H2,1-2H3,(H,16,18,19). The summed E-state index contributed by atoms with van der Waals surface area (Å²) in [5.41, 5.74) is 2.11. The van der Waals surface area contributed by atoms with E-state index in [1.54, 1.807) is 6.92 Å². The van der Waals surface area contributed by atoms with Crippen molar-refractivity contribution in [3.05, 3.63) is 29.8 Å². The van der Waals surface area contributed by atoms with Crippen molar-refractivity contribution in [2.24, 2.45) is 0 Å². The highest BCUT2D eigenvalue weighted by Crippen LogP contribution is 2.26. The molecule has 0 unspecified atom stereocenters. The van der Waals surface area contributed by atoms with Gasteiger partial charge in [-0.05, 0) is 19.9 Å². The van der Waals surface area contributed by atoms with Crippen LogP contribution in [0.3, 0.4) is 0 Å². The number of hydrogen-bond donors (Lipinski definition) is 1. The number of nitrogens with one attached hydrogen (secondary N) is 1. The van der Waals surface area contributed by atoms with Gasteiger partial charge >= 0.3 is 5.97 Å². The van der Waals surface area contributed by atoms with Gasteiger partial charge in [0.15, 0.2) is 0 Å². The van der Waals surface area contributed by atoms with Crippen LogP contribution < -0.4 is 5.32 Å². The molecule has 0 bridgehead atoms. The maximum absolute atomic E-state index is 11.8. The van der Waals surface area contributed by atoms with Crippen molar-refractivity contribution < 1.29 is 14.3 Å². The molecule has 1 amide bonds. The largest absolute Gasteiger partial charge is 0.465 e. The van der Waals surface area contributed by atoms with Crippen LogP contribution >= 0.6 is 23.1 Å². The van der Waals surface area contributed by atoms with Crippen molar-refractivity contribution in [2.45, 2.75) is 13.8 Å². The third-order valence-corrected chi connectivity index (χ3v) is 4.49. The van der Waals surface area contributed by atoms with E-state index in [4.69, 9.17) is 4.74 Å². The first-order valence-corrected chi connectivity index (χ1v) is 8.99. The number of hydrogen-bond acceptors (Lipinski definition) is 7. The highest BCUT2D eigenvalue weighted by atomic mass is 32.2. The molecule has 0 spiro atoms. The fourth-order valence-corrected chi connectivity index (χ4v) is 3.12. The molecule has 2 aromatic rings. The van der Waals surface area contributed by atoms with Gasteiger partial charge in [-0.2, -0.15) is 0 Å². The van der Waals surface area contributed by atoms with Crippen LogP contribution in [0.4, 0.5) is 5.13 Å². The van der Waals surface area contributed by atoms with E-state index < -0.39 is 0 Å². The first-order valence-electron chi connectivity index (χ1n) is 7.02. The monoisotopic (exact) mass is 351 g/mol. The number of benzene rings is 1. The molecule has 23 heavy (non-hydrogen) atoms. The van der Waals surface area contributed by atoms with Crippen LogP contribution in [-0.2, 0) is 14.3 Å². The number of rotatable bonds is 7. The van der Waals surface area contributed by atoms with Gasteiger partial charge in [0.2, 0.25) is 11.0 Å². The van der Waals surface area contributed by atoms with Gasteiger partial charge in [-0.1, -0.05) is 35.1 Å². The first-order chi connectivity index (χ1) is 11.1. The highest BCUT2D eigenvalue weighted by molar-refractivity contribution is 8.00. The van der Waals surface area contributed by atoms with Gasteiger partial charge in [-0.3, -0.25) is 14.9 Å². The average molecular weight is 351 g/mol. The van der Waals surface area contributed by atoms with Crippen LogP contribution in [0, 0.1) is 6.92 Å². The Morgan fingerprint density at radius 3 is 2.87 bits per heavy atom. The molecule has 1 aromatic heterocycles. The maximum Gasteiger partial charge on any atom is 0.315 e. The quantitative estimate of drug-likeness (QED) is 0.773. The molecular formula is C15H17N3O3S2. The second-order valence-electron chi connectivity index (χ2n) is 4.63. The zero-order valence-electron chi connectivity index (χ0n) is 12.9. The van der Waals surface area contributed by atoms with Crippen molar-refractivity contribution >= 4 is 40.1 Å². The second-order valence-corrected chi connectivity index (χ2v) is 6.59. The Hall–Kier alpha value is -1.93. The number of carbonyl (C=O) groups excluding carboxylic acids is 2. The van der Waals surface area contributed by atoms with E-state index in [1.165, 1.54) is 23.1 Å². The molecule has 6 nitrogen and oxygen atoms in total. The number of aryl methyl sites for hydroxylation is 1. The Bertz CT molecular complexity index is 688. The number of aromatic nitrogens is 2. The fraction of sp³-hybridized carbons (Fsp3) is 0.333. The van der Waals surface area contributed by atoms with E-state index in [2.05, 4.69) is 15.5 Å². The van der Waals surface area contributed by atoms with Crippen molar-refractivity contribution in [3.63, 3.8) is 0 Å². The highest BCUT2D eigenvalue weighted by Gasteiger charge is 2.11.